The van der Waals surface area contributed by atoms with Crippen LogP contribution in [-0.4, -0.2) is 18.0 Å². The number of hydrazine groups is 1. The summed E-state index contributed by atoms with van der Waals surface area (Å²) in [7, 11) is 0. The lowest BCUT2D eigenvalue weighted by atomic mass is 9.96. The Morgan fingerprint density at radius 2 is 1.67 bits per heavy atom. The van der Waals surface area contributed by atoms with Crippen LogP contribution in [0.25, 0.3) is 10.8 Å². The summed E-state index contributed by atoms with van der Waals surface area (Å²) in [6, 6.07) is 13.7. The van der Waals surface area contributed by atoms with E-state index in [1.165, 1.54) is 6.42 Å². The van der Waals surface area contributed by atoms with Crippen LogP contribution in [0.3, 0.4) is 0 Å². The molecule has 0 heterocycles. The Morgan fingerprint density at radius 3 is 2.50 bits per heavy atom. The third kappa shape index (κ3) is 4.25. The number of fused-ring (bicyclic) bond motifs is 1. The molecule has 2 aromatic rings. The summed E-state index contributed by atoms with van der Waals surface area (Å²) in [4.78, 5) is 23.9. The largest absolute Gasteiger partial charge is 0.334 e. The van der Waals surface area contributed by atoms with Gasteiger partial charge < -0.3 is 5.32 Å². The molecule has 1 aliphatic rings. The maximum absolute atomic E-state index is 12.1. The summed E-state index contributed by atoms with van der Waals surface area (Å²) in [6.07, 6.45) is 5.79. The molecule has 2 aromatic carbocycles. The quantitative estimate of drug-likeness (QED) is 0.759. The summed E-state index contributed by atoms with van der Waals surface area (Å²) in [6.45, 7) is 0. The molecule has 1 fully saturated rings. The van der Waals surface area contributed by atoms with E-state index in [1.54, 1.807) is 0 Å². The molecule has 1 saturated carbocycles. The fourth-order valence-electron chi connectivity index (χ4n) is 3.26. The predicted octanol–water partition coefficient (Wildman–Crippen LogP) is 3.05. The normalized spacial score (nSPS) is 15.0. The van der Waals surface area contributed by atoms with Gasteiger partial charge in [0.25, 0.3) is 0 Å². The number of hydrogen-bond acceptors (Lipinski definition) is 2. The number of carbonyl (C=O) groups excluding carboxylic acids is 2. The highest BCUT2D eigenvalue weighted by molar-refractivity contribution is 5.90. The molecular formula is C19H23N3O2. The molecule has 0 bridgehead atoms. The van der Waals surface area contributed by atoms with Crippen LogP contribution in [0.5, 0.6) is 0 Å². The molecule has 24 heavy (non-hydrogen) atoms. The van der Waals surface area contributed by atoms with Crippen molar-refractivity contribution in [3.8, 4) is 0 Å². The van der Waals surface area contributed by atoms with Crippen LogP contribution in [0, 0.1) is 0 Å². The Labute approximate surface area is 141 Å². The molecule has 0 atom stereocenters. The number of hydrogen-bond donors (Lipinski definition) is 3. The smallest absolute Gasteiger partial charge is 0.333 e. The number of rotatable bonds is 3. The van der Waals surface area contributed by atoms with Gasteiger partial charge in [0.2, 0.25) is 5.91 Å². The second-order valence-corrected chi connectivity index (χ2v) is 6.30. The molecule has 126 valence electrons. The van der Waals surface area contributed by atoms with Gasteiger partial charge in [0.15, 0.2) is 0 Å². The van der Waals surface area contributed by atoms with Crippen LogP contribution in [0.4, 0.5) is 4.79 Å². The van der Waals surface area contributed by atoms with Gasteiger partial charge >= 0.3 is 6.03 Å². The molecule has 3 N–H and O–H groups in total. The molecule has 3 rings (SSSR count). The van der Waals surface area contributed by atoms with E-state index >= 15 is 0 Å². The van der Waals surface area contributed by atoms with E-state index in [0.717, 1.165) is 42.0 Å². The Kier molecular flexibility index (Phi) is 5.31. The molecule has 5 nitrogen and oxygen atoms in total. The summed E-state index contributed by atoms with van der Waals surface area (Å²) >= 11 is 0. The summed E-state index contributed by atoms with van der Waals surface area (Å²) < 4.78 is 0. The van der Waals surface area contributed by atoms with Crippen molar-refractivity contribution in [2.24, 2.45) is 0 Å². The van der Waals surface area contributed by atoms with Crippen molar-refractivity contribution in [3.63, 3.8) is 0 Å². The van der Waals surface area contributed by atoms with Crippen molar-refractivity contribution in [1.29, 1.82) is 0 Å². The third-order valence-electron chi connectivity index (χ3n) is 4.49. The molecule has 0 radical (unpaired) electrons. The van der Waals surface area contributed by atoms with Crippen molar-refractivity contribution >= 4 is 22.7 Å². The van der Waals surface area contributed by atoms with Gasteiger partial charge in [-0.3, -0.25) is 10.2 Å². The van der Waals surface area contributed by atoms with E-state index in [4.69, 9.17) is 0 Å². The first-order valence-electron chi connectivity index (χ1n) is 8.54. The van der Waals surface area contributed by atoms with Crippen LogP contribution in [-0.2, 0) is 11.2 Å². The van der Waals surface area contributed by atoms with Crippen LogP contribution < -0.4 is 16.2 Å². The zero-order valence-electron chi connectivity index (χ0n) is 13.7. The van der Waals surface area contributed by atoms with E-state index < -0.39 is 0 Å². The zero-order valence-corrected chi connectivity index (χ0v) is 13.7. The van der Waals surface area contributed by atoms with Gasteiger partial charge in [-0.2, -0.15) is 0 Å². The van der Waals surface area contributed by atoms with Gasteiger partial charge in [0, 0.05) is 6.04 Å². The van der Waals surface area contributed by atoms with Gasteiger partial charge in [-0.1, -0.05) is 61.7 Å². The Morgan fingerprint density at radius 1 is 0.917 bits per heavy atom. The SMILES string of the molecule is O=C(Cc1cccc2ccccc12)NNC(=O)NC1CCCCC1. The maximum Gasteiger partial charge on any atom is 0.333 e. The number of carbonyl (C=O) groups is 2. The Balaban J connectivity index is 1.51. The van der Waals surface area contributed by atoms with Gasteiger partial charge in [-0.05, 0) is 29.2 Å². The monoisotopic (exact) mass is 325 g/mol. The van der Waals surface area contributed by atoms with Crippen molar-refractivity contribution in [2.75, 3.05) is 0 Å². The summed E-state index contributed by atoms with van der Waals surface area (Å²) in [5.74, 6) is -0.231. The molecule has 0 unspecified atom stereocenters. The standard InChI is InChI=1S/C19H23N3O2/c23-18(21-22-19(24)20-16-10-2-1-3-11-16)13-15-9-6-8-14-7-4-5-12-17(14)15/h4-9,12,16H,1-3,10-11,13H2,(H,21,23)(H2,20,22,24). The first-order valence-corrected chi connectivity index (χ1v) is 8.54. The average molecular weight is 325 g/mol. The molecule has 5 heteroatoms. The minimum atomic E-state index is -0.340. The third-order valence-corrected chi connectivity index (χ3v) is 4.49. The number of nitrogens with one attached hydrogen (secondary N) is 3. The van der Waals surface area contributed by atoms with Crippen molar-refractivity contribution in [1.82, 2.24) is 16.2 Å². The minimum Gasteiger partial charge on any atom is -0.334 e. The Bertz CT molecular complexity index is 718. The lowest BCUT2D eigenvalue weighted by Gasteiger charge is -2.22. The lowest BCUT2D eigenvalue weighted by Crippen LogP contribution is -2.50. The van der Waals surface area contributed by atoms with Crippen LogP contribution >= 0.6 is 0 Å². The first-order chi connectivity index (χ1) is 11.7. The Hall–Kier alpha value is -2.56. The molecule has 0 aromatic heterocycles. The van der Waals surface area contributed by atoms with Gasteiger partial charge in [0.1, 0.15) is 0 Å². The summed E-state index contributed by atoms with van der Waals surface area (Å²) in [5.41, 5.74) is 5.88. The minimum absolute atomic E-state index is 0.216. The second-order valence-electron chi connectivity index (χ2n) is 6.30. The van der Waals surface area contributed by atoms with Crippen LogP contribution in [0.2, 0.25) is 0 Å². The number of benzene rings is 2. The molecule has 1 aliphatic carbocycles. The predicted molar refractivity (Wildman–Crippen MR) is 94.3 cm³/mol. The fraction of sp³-hybridized carbons (Fsp3) is 0.368. The average Bonchev–Trinajstić information content (AvgIpc) is 2.61. The van der Waals surface area contributed by atoms with E-state index in [0.29, 0.717) is 0 Å². The van der Waals surface area contributed by atoms with Gasteiger partial charge in [-0.15, -0.1) is 0 Å². The van der Waals surface area contributed by atoms with Crippen molar-refractivity contribution < 1.29 is 9.59 Å². The molecule has 3 amide bonds. The van der Waals surface area contributed by atoms with E-state index in [1.807, 2.05) is 42.5 Å². The van der Waals surface area contributed by atoms with Crippen molar-refractivity contribution in [3.05, 3.63) is 48.0 Å². The highest BCUT2D eigenvalue weighted by Gasteiger charge is 2.15. The topological polar surface area (TPSA) is 70.2 Å². The second kappa shape index (κ2) is 7.81. The maximum atomic E-state index is 12.1. The van der Waals surface area contributed by atoms with E-state index in [9.17, 15) is 9.59 Å². The highest BCUT2D eigenvalue weighted by atomic mass is 16.2. The number of urea groups is 1. The van der Waals surface area contributed by atoms with E-state index in [2.05, 4.69) is 16.2 Å². The molecule has 0 spiro atoms. The molecule has 0 saturated heterocycles. The van der Waals surface area contributed by atoms with Crippen LogP contribution in [0.15, 0.2) is 42.5 Å². The first kappa shape index (κ1) is 16.3. The lowest BCUT2D eigenvalue weighted by molar-refractivity contribution is -0.121. The number of amides is 3. The van der Waals surface area contributed by atoms with Crippen LogP contribution in [0.1, 0.15) is 37.7 Å². The molecule has 0 aliphatic heterocycles. The fourth-order valence-corrected chi connectivity index (χ4v) is 3.26. The van der Waals surface area contributed by atoms with Crippen molar-refractivity contribution in [2.45, 2.75) is 44.6 Å². The molecular weight excluding hydrogens is 302 g/mol. The summed E-state index contributed by atoms with van der Waals surface area (Å²) in [5, 5.41) is 5.06. The van der Waals surface area contributed by atoms with Gasteiger partial charge in [-0.25, -0.2) is 10.2 Å². The van der Waals surface area contributed by atoms with Gasteiger partial charge in [0.05, 0.1) is 6.42 Å². The highest BCUT2D eigenvalue weighted by Crippen LogP contribution is 2.19. The zero-order chi connectivity index (χ0) is 16.8. The van der Waals surface area contributed by atoms with E-state index in [-0.39, 0.29) is 24.4 Å².